The van der Waals surface area contributed by atoms with Gasteiger partial charge in [0.05, 0.1) is 11.7 Å². The Hall–Kier alpha value is -3.97. The normalized spacial score (nSPS) is 15.2. The van der Waals surface area contributed by atoms with Crippen molar-refractivity contribution >= 4 is 39.7 Å². The maximum Gasteiger partial charge on any atom is 0.325 e. The van der Waals surface area contributed by atoms with Crippen LogP contribution in [-0.2, 0) is 0 Å². The zero-order valence-corrected chi connectivity index (χ0v) is 19.3. The number of carbonyl (C=O) groups is 2. The molecule has 1 atom stereocenters. The SMILES string of the molecule is O=C(Nc1ccc(C(=O)c2ccccc2)cc1)Nc1nc([C@H]2CCCN2c2ccccc2)cs1. The lowest BCUT2D eigenvalue weighted by atomic mass is 10.0. The van der Waals surface area contributed by atoms with Gasteiger partial charge in [0.15, 0.2) is 10.9 Å². The summed E-state index contributed by atoms with van der Waals surface area (Å²) in [6, 6.07) is 26.2. The predicted molar refractivity (Wildman–Crippen MR) is 137 cm³/mol. The molecule has 1 fully saturated rings. The zero-order chi connectivity index (χ0) is 23.3. The highest BCUT2D eigenvalue weighted by molar-refractivity contribution is 7.14. The molecule has 2 heterocycles. The van der Waals surface area contributed by atoms with Gasteiger partial charge in [-0.1, -0.05) is 48.5 Å². The third-order valence-corrected chi connectivity index (χ3v) is 6.64. The number of benzene rings is 3. The first-order valence-electron chi connectivity index (χ1n) is 11.2. The van der Waals surface area contributed by atoms with E-state index in [1.165, 1.54) is 17.0 Å². The van der Waals surface area contributed by atoms with Gasteiger partial charge in [-0.25, -0.2) is 9.78 Å². The van der Waals surface area contributed by atoms with Crippen molar-refractivity contribution in [3.05, 3.63) is 107 Å². The number of carbonyl (C=O) groups excluding carboxylic acids is 2. The van der Waals surface area contributed by atoms with Crippen LogP contribution in [0.2, 0.25) is 0 Å². The molecule has 1 aliphatic rings. The number of hydrogen-bond acceptors (Lipinski definition) is 5. The van der Waals surface area contributed by atoms with Crippen LogP contribution in [0.15, 0.2) is 90.3 Å². The van der Waals surface area contributed by atoms with Crippen LogP contribution in [-0.4, -0.2) is 23.3 Å². The number of hydrogen-bond donors (Lipinski definition) is 2. The first kappa shape index (κ1) is 21.9. The largest absolute Gasteiger partial charge is 0.363 e. The number of anilines is 3. The van der Waals surface area contributed by atoms with Crippen molar-refractivity contribution in [2.75, 3.05) is 22.1 Å². The molecule has 1 saturated heterocycles. The molecule has 0 unspecified atom stereocenters. The lowest BCUT2D eigenvalue weighted by Crippen LogP contribution is -2.23. The maximum absolute atomic E-state index is 12.5. The highest BCUT2D eigenvalue weighted by Gasteiger charge is 2.28. The van der Waals surface area contributed by atoms with Crippen LogP contribution < -0.4 is 15.5 Å². The van der Waals surface area contributed by atoms with Gasteiger partial charge < -0.3 is 10.2 Å². The monoisotopic (exact) mass is 468 g/mol. The van der Waals surface area contributed by atoms with Crippen LogP contribution in [0.1, 0.15) is 40.5 Å². The van der Waals surface area contributed by atoms with Crippen molar-refractivity contribution in [3.8, 4) is 0 Å². The number of amides is 2. The summed E-state index contributed by atoms with van der Waals surface area (Å²) in [5, 5.41) is 8.21. The molecule has 0 bridgehead atoms. The van der Waals surface area contributed by atoms with Gasteiger partial charge in [-0.2, -0.15) is 0 Å². The minimum Gasteiger partial charge on any atom is -0.363 e. The van der Waals surface area contributed by atoms with E-state index in [9.17, 15) is 9.59 Å². The van der Waals surface area contributed by atoms with Gasteiger partial charge >= 0.3 is 6.03 Å². The van der Waals surface area contributed by atoms with Gasteiger partial charge in [-0.05, 0) is 49.2 Å². The molecule has 1 aliphatic heterocycles. The van der Waals surface area contributed by atoms with E-state index in [1.807, 2.05) is 41.8 Å². The third kappa shape index (κ3) is 4.84. The van der Waals surface area contributed by atoms with E-state index < -0.39 is 0 Å². The Kier molecular flexibility index (Phi) is 6.35. The van der Waals surface area contributed by atoms with Gasteiger partial charge in [-0.15, -0.1) is 11.3 Å². The van der Waals surface area contributed by atoms with E-state index in [1.54, 1.807) is 36.4 Å². The molecule has 7 heteroatoms. The van der Waals surface area contributed by atoms with Crippen molar-refractivity contribution < 1.29 is 9.59 Å². The van der Waals surface area contributed by atoms with Crippen molar-refractivity contribution in [2.45, 2.75) is 18.9 Å². The van der Waals surface area contributed by atoms with E-state index in [4.69, 9.17) is 0 Å². The lowest BCUT2D eigenvalue weighted by Gasteiger charge is -2.25. The summed E-state index contributed by atoms with van der Waals surface area (Å²) in [7, 11) is 0. The van der Waals surface area contributed by atoms with Crippen LogP contribution >= 0.6 is 11.3 Å². The fourth-order valence-corrected chi connectivity index (χ4v) is 4.97. The summed E-state index contributed by atoms with van der Waals surface area (Å²) < 4.78 is 0. The van der Waals surface area contributed by atoms with Crippen molar-refractivity contribution in [2.24, 2.45) is 0 Å². The summed E-state index contributed by atoms with van der Waals surface area (Å²) in [6.45, 7) is 0.998. The highest BCUT2D eigenvalue weighted by atomic mass is 32.1. The molecule has 0 radical (unpaired) electrons. The second-order valence-corrected chi connectivity index (χ2v) is 8.97. The van der Waals surface area contributed by atoms with E-state index >= 15 is 0 Å². The second-order valence-electron chi connectivity index (χ2n) is 8.12. The zero-order valence-electron chi connectivity index (χ0n) is 18.5. The average Bonchev–Trinajstić information content (AvgIpc) is 3.55. The Morgan fingerprint density at radius 3 is 2.26 bits per heavy atom. The number of ketones is 1. The molecule has 4 aromatic rings. The summed E-state index contributed by atoms with van der Waals surface area (Å²) in [6.07, 6.45) is 2.15. The number of rotatable bonds is 6. The topological polar surface area (TPSA) is 74.3 Å². The predicted octanol–water partition coefficient (Wildman–Crippen LogP) is 6.36. The highest BCUT2D eigenvalue weighted by Crippen LogP contribution is 2.37. The molecular formula is C27H24N4O2S. The number of thiazole rings is 1. The van der Waals surface area contributed by atoms with Gasteiger partial charge in [0.1, 0.15) is 0 Å². The lowest BCUT2D eigenvalue weighted by molar-refractivity contribution is 0.103. The summed E-state index contributed by atoms with van der Waals surface area (Å²) in [5.74, 6) is -0.0524. The van der Waals surface area contributed by atoms with E-state index in [-0.39, 0.29) is 17.9 Å². The Morgan fingerprint density at radius 1 is 0.853 bits per heavy atom. The Balaban J connectivity index is 1.20. The van der Waals surface area contributed by atoms with Crippen LogP contribution in [0.4, 0.5) is 21.3 Å². The number of nitrogens with zero attached hydrogens (tertiary/aromatic N) is 2. The minimum absolute atomic E-state index is 0.0524. The second kappa shape index (κ2) is 9.89. The Bertz CT molecular complexity index is 1270. The Morgan fingerprint density at radius 2 is 1.53 bits per heavy atom. The van der Waals surface area contributed by atoms with Crippen LogP contribution in [0.5, 0.6) is 0 Å². The number of nitrogens with one attached hydrogen (secondary N) is 2. The molecule has 170 valence electrons. The van der Waals surface area contributed by atoms with Crippen molar-refractivity contribution in [1.82, 2.24) is 4.98 Å². The Labute approximate surface area is 202 Å². The van der Waals surface area contributed by atoms with Crippen molar-refractivity contribution in [1.29, 1.82) is 0 Å². The number of urea groups is 1. The third-order valence-electron chi connectivity index (χ3n) is 5.87. The summed E-state index contributed by atoms with van der Waals surface area (Å²) in [5.41, 5.74) is 3.98. The molecular weight excluding hydrogens is 444 g/mol. The number of para-hydroxylation sites is 1. The molecule has 2 N–H and O–H groups in total. The summed E-state index contributed by atoms with van der Waals surface area (Å²) in [4.78, 5) is 32.1. The molecule has 1 aromatic heterocycles. The fourth-order valence-electron chi connectivity index (χ4n) is 4.22. The molecule has 3 aromatic carbocycles. The van der Waals surface area contributed by atoms with E-state index in [2.05, 4.69) is 32.7 Å². The van der Waals surface area contributed by atoms with Crippen LogP contribution in [0.3, 0.4) is 0 Å². The summed E-state index contributed by atoms with van der Waals surface area (Å²) >= 11 is 1.42. The molecule has 2 amide bonds. The average molecular weight is 469 g/mol. The minimum atomic E-state index is -0.366. The first-order chi connectivity index (χ1) is 16.7. The van der Waals surface area contributed by atoms with Crippen molar-refractivity contribution in [3.63, 3.8) is 0 Å². The molecule has 0 spiro atoms. The first-order valence-corrected chi connectivity index (χ1v) is 12.1. The van der Waals surface area contributed by atoms with Gasteiger partial charge in [0.25, 0.3) is 0 Å². The molecule has 5 rings (SSSR count). The van der Waals surface area contributed by atoms with Gasteiger partial charge in [0.2, 0.25) is 0 Å². The van der Waals surface area contributed by atoms with Crippen LogP contribution in [0.25, 0.3) is 0 Å². The fraction of sp³-hybridized carbons (Fsp3) is 0.148. The van der Waals surface area contributed by atoms with Crippen LogP contribution in [0, 0.1) is 0 Å². The molecule has 6 nitrogen and oxygen atoms in total. The standard InChI is InChI=1S/C27H24N4O2S/c32-25(19-8-3-1-4-9-19)20-13-15-21(16-14-20)28-26(33)30-27-29-23(18-34-27)24-12-7-17-31(24)22-10-5-2-6-11-22/h1-6,8-11,13-16,18,24H,7,12,17H2,(H2,28,29,30,33)/t24-/m1/s1. The van der Waals surface area contributed by atoms with E-state index in [0.29, 0.717) is 21.9 Å². The van der Waals surface area contributed by atoms with Gasteiger partial charge in [0, 0.05) is 34.4 Å². The molecule has 0 aliphatic carbocycles. The smallest absolute Gasteiger partial charge is 0.325 e. The molecule has 0 saturated carbocycles. The quantitative estimate of drug-likeness (QED) is 0.323. The van der Waals surface area contributed by atoms with Gasteiger partial charge in [-0.3, -0.25) is 10.1 Å². The van der Waals surface area contributed by atoms with E-state index in [0.717, 1.165) is 25.1 Å². The number of aromatic nitrogens is 1. The maximum atomic E-state index is 12.5. The molecule has 34 heavy (non-hydrogen) atoms.